The fraction of sp³-hybridized carbons (Fsp3) is 0.273. The Labute approximate surface area is 191 Å². The van der Waals surface area contributed by atoms with Gasteiger partial charge in [-0.15, -0.1) is 0 Å². The largest absolute Gasteiger partial charge is 0.490 e. The van der Waals surface area contributed by atoms with Crippen LogP contribution in [0.2, 0.25) is 0 Å². The number of carboxylic acids is 1. The van der Waals surface area contributed by atoms with Gasteiger partial charge in [0, 0.05) is 29.7 Å². The number of aryl methyl sites for hydroxylation is 1. The lowest BCUT2D eigenvalue weighted by Crippen LogP contribution is -2.38. The minimum Gasteiger partial charge on any atom is -0.475 e. The molecule has 178 valence electrons. The molecule has 0 radical (unpaired) electrons. The van der Waals surface area contributed by atoms with Gasteiger partial charge >= 0.3 is 12.1 Å². The van der Waals surface area contributed by atoms with Crippen LogP contribution in [0.25, 0.3) is 0 Å². The predicted octanol–water partition coefficient (Wildman–Crippen LogP) is 3.39. The number of aromatic nitrogens is 2. The molecular weight excluding hydrogens is 457 g/mol. The predicted molar refractivity (Wildman–Crippen MR) is 110 cm³/mol. The number of hydrogen-bond donors (Lipinski definition) is 1. The van der Waals surface area contributed by atoms with E-state index < -0.39 is 12.1 Å². The van der Waals surface area contributed by atoms with Crippen molar-refractivity contribution in [3.8, 4) is 11.9 Å². The van der Waals surface area contributed by atoms with E-state index >= 15 is 0 Å². The molecule has 4 rings (SSSR count). The van der Waals surface area contributed by atoms with Gasteiger partial charge < -0.3 is 23.7 Å². The van der Waals surface area contributed by atoms with Crippen LogP contribution >= 0.6 is 0 Å². The zero-order valence-electron chi connectivity index (χ0n) is 17.8. The number of aliphatic carboxylic acids is 1. The molecule has 1 unspecified atom stereocenters. The molecule has 0 spiro atoms. The van der Waals surface area contributed by atoms with Crippen LogP contribution in [0.3, 0.4) is 0 Å². The molecule has 3 aromatic rings. The number of carboxylic acid groups (broad SMARTS) is 1. The maximum Gasteiger partial charge on any atom is 0.490 e. The molecule has 0 bridgehead atoms. The van der Waals surface area contributed by atoms with Gasteiger partial charge in [-0.3, -0.25) is 4.79 Å². The van der Waals surface area contributed by atoms with Crippen molar-refractivity contribution in [2.45, 2.75) is 32.3 Å². The van der Waals surface area contributed by atoms with E-state index in [2.05, 4.69) is 9.55 Å². The highest BCUT2D eigenvalue weighted by molar-refractivity contribution is 5.92. The second kappa shape index (κ2) is 10.1. The molecule has 1 atom stereocenters. The third-order valence-electron chi connectivity index (χ3n) is 4.84. The lowest BCUT2D eigenvalue weighted by molar-refractivity contribution is -0.192. The summed E-state index contributed by atoms with van der Waals surface area (Å²) in [5, 5.41) is 16.0. The molecule has 12 heteroatoms. The number of carbonyl (C=O) groups is 2. The average molecular weight is 476 g/mol. The van der Waals surface area contributed by atoms with Crippen molar-refractivity contribution in [1.29, 1.82) is 5.26 Å². The number of amides is 1. The second-order valence-electron chi connectivity index (χ2n) is 7.31. The number of fused-ring (bicyclic) bond motifs is 1. The molecular formula is C22H19F3N4O5. The van der Waals surface area contributed by atoms with Crippen molar-refractivity contribution in [2.24, 2.45) is 0 Å². The number of carbonyl (C=O) groups excluding carboxylic acids is 1. The molecule has 4 heterocycles. The summed E-state index contributed by atoms with van der Waals surface area (Å²) >= 11 is 0. The van der Waals surface area contributed by atoms with Crippen LogP contribution in [0, 0.1) is 18.3 Å². The van der Waals surface area contributed by atoms with E-state index in [9.17, 15) is 18.0 Å². The number of nitriles is 1. The highest BCUT2D eigenvalue weighted by Gasteiger charge is 2.38. The lowest BCUT2D eigenvalue weighted by atomic mass is 10.2. The molecule has 3 aromatic heterocycles. The Balaban J connectivity index is 0.000000406. The summed E-state index contributed by atoms with van der Waals surface area (Å²) in [6.45, 7) is 3.34. The van der Waals surface area contributed by atoms with Crippen LogP contribution in [0.5, 0.6) is 5.88 Å². The quantitative estimate of drug-likeness (QED) is 0.615. The average Bonchev–Trinajstić information content (AvgIpc) is 3.37. The third-order valence-corrected chi connectivity index (χ3v) is 4.84. The van der Waals surface area contributed by atoms with Gasteiger partial charge in [0.15, 0.2) is 5.76 Å². The Hall–Kier alpha value is -4.27. The molecule has 0 aromatic carbocycles. The Morgan fingerprint density at radius 1 is 1.26 bits per heavy atom. The molecule has 1 N–H and O–H groups in total. The van der Waals surface area contributed by atoms with E-state index in [1.54, 1.807) is 23.1 Å². The molecule has 0 aliphatic carbocycles. The number of hydrogen-bond acceptors (Lipinski definition) is 6. The molecule has 0 saturated heterocycles. The van der Waals surface area contributed by atoms with Gasteiger partial charge in [-0.1, -0.05) is 0 Å². The molecule has 0 fully saturated rings. The number of rotatable bonds is 3. The molecule has 9 nitrogen and oxygen atoms in total. The maximum atomic E-state index is 13.0. The van der Waals surface area contributed by atoms with Crippen LogP contribution in [0.1, 0.15) is 27.4 Å². The maximum absolute atomic E-state index is 13.0. The molecule has 34 heavy (non-hydrogen) atoms. The van der Waals surface area contributed by atoms with E-state index in [0.29, 0.717) is 36.8 Å². The third kappa shape index (κ3) is 5.94. The summed E-state index contributed by atoms with van der Waals surface area (Å²) in [4.78, 5) is 27.8. The summed E-state index contributed by atoms with van der Waals surface area (Å²) in [6, 6.07) is 11.1. The lowest BCUT2D eigenvalue weighted by Gasteiger charge is -2.24. The SMILES string of the molecule is Cc1ccoc1C(=O)N1Cc2cccn2CC(Oc2ccc(C#N)cn2)C1.O=C(O)C(F)(F)F. The Kier molecular flexibility index (Phi) is 7.25. The fourth-order valence-electron chi connectivity index (χ4n) is 3.21. The summed E-state index contributed by atoms with van der Waals surface area (Å²) in [5.74, 6) is -2.14. The molecule has 1 aliphatic rings. The zero-order chi connectivity index (χ0) is 24.9. The standard InChI is InChI=1S/C20H18N4O3.C2HF3O2/c1-14-6-8-26-19(14)20(25)24-11-16-3-2-7-23(16)12-17(13-24)27-18-5-4-15(9-21)10-22-18;3-2(4,5)1(6)7/h2-8,10,17H,11-13H2,1H3;(H,6,7). The highest BCUT2D eigenvalue weighted by atomic mass is 19.4. The van der Waals surface area contributed by atoms with E-state index in [1.165, 1.54) is 12.5 Å². The van der Waals surface area contributed by atoms with E-state index in [0.717, 1.165) is 11.3 Å². The minimum atomic E-state index is -5.08. The van der Waals surface area contributed by atoms with Crippen molar-refractivity contribution in [1.82, 2.24) is 14.5 Å². The number of ether oxygens (including phenoxy) is 1. The highest BCUT2D eigenvalue weighted by Crippen LogP contribution is 2.21. The normalized spacial score (nSPS) is 15.3. The Morgan fingerprint density at radius 2 is 2.00 bits per heavy atom. The van der Waals surface area contributed by atoms with Crippen LogP contribution in [-0.4, -0.2) is 50.3 Å². The minimum absolute atomic E-state index is 0.159. The summed E-state index contributed by atoms with van der Waals surface area (Å²) in [7, 11) is 0. The first-order valence-electron chi connectivity index (χ1n) is 9.88. The van der Waals surface area contributed by atoms with Crippen LogP contribution in [-0.2, 0) is 17.9 Å². The fourth-order valence-corrected chi connectivity index (χ4v) is 3.21. The number of furan rings is 1. The first-order valence-corrected chi connectivity index (χ1v) is 9.88. The van der Waals surface area contributed by atoms with Crippen molar-refractivity contribution < 1.29 is 37.0 Å². The van der Waals surface area contributed by atoms with Gasteiger partial charge in [-0.25, -0.2) is 9.78 Å². The monoisotopic (exact) mass is 476 g/mol. The van der Waals surface area contributed by atoms with Crippen LogP contribution in [0.4, 0.5) is 13.2 Å². The Morgan fingerprint density at radius 3 is 2.56 bits per heavy atom. The zero-order valence-corrected chi connectivity index (χ0v) is 17.8. The Bertz CT molecular complexity index is 1190. The van der Waals surface area contributed by atoms with E-state index in [-0.39, 0.29) is 12.0 Å². The first-order chi connectivity index (χ1) is 16.1. The number of pyridine rings is 1. The summed E-state index contributed by atoms with van der Waals surface area (Å²) in [6.07, 6.45) is -0.386. The topological polar surface area (TPSA) is 122 Å². The van der Waals surface area contributed by atoms with Gasteiger partial charge in [0.05, 0.1) is 31.5 Å². The number of alkyl halides is 3. The van der Waals surface area contributed by atoms with E-state index in [4.69, 9.17) is 24.3 Å². The summed E-state index contributed by atoms with van der Waals surface area (Å²) in [5.41, 5.74) is 2.32. The molecule has 1 aliphatic heterocycles. The van der Waals surface area contributed by atoms with Crippen molar-refractivity contribution in [3.05, 3.63) is 71.6 Å². The van der Waals surface area contributed by atoms with Gasteiger partial charge in [0.1, 0.15) is 12.2 Å². The number of nitrogens with zero attached hydrogens (tertiary/aromatic N) is 4. The van der Waals surface area contributed by atoms with Gasteiger partial charge in [0.2, 0.25) is 5.88 Å². The van der Waals surface area contributed by atoms with Gasteiger partial charge in [-0.05, 0) is 31.2 Å². The number of halogens is 3. The van der Waals surface area contributed by atoms with Crippen molar-refractivity contribution in [3.63, 3.8) is 0 Å². The molecule has 1 amide bonds. The van der Waals surface area contributed by atoms with Gasteiger partial charge in [0.25, 0.3) is 5.91 Å². The molecule has 0 saturated carbocycles. The van der Waals surface area contributed by atoms with Crippen molar-refractivity contribution >= 4 is 11.9 Å². The second-order valence-corrected chi connectivity index (χ2v) is 7.31. The van der Waals surface area contributed by atoms with Crippen LogP contribution in [0.15, 0.2) is 53.4 Å². The van der Waals surface area contributed by atoms with Crippen molar-refractivity contribution in [2.75, 3.05) is 6.54 Å². The first kappa shape index (κ1) is 24.4. The summed E-state index contributed by atoms with van der Waals surface area (Å²) < 4.78 is 45.2. The van der Waals surface area contributed by atoms with Gasteiger partial charge in [-0.2, -0.15) is 18.4 Å². The van der Waals surface area contributed by atoms with Crippen LogP contribution < -0.4 is 4.74 Å². The smallest absolute Gasteiger partial charge is 0.475 e. The van der Waals surface area contributed by atoms with E-state index in [1.807, 2.05) is 31.3 Å².